The molecule has 6 rings (SSSR count). The maximum atomic E-state index is 13.3. The van der Waals surface area contributed by atoms with Crippen molar-refractivity contribution in [3.05, 3.63) is 82.0 Å². The van der Waals surface area contributed by atoms with Gasteiger partial charge in [0.2, 0.25) is 5.75 Å². The molecule has 1 aliphatic carbocycles. The van der Waals surface area contributed by atoms with Crippen molar-refractivity contribution in [1.82, 2.24) is 25.1 Å². The SMILES string of the molecule is CN(C)C(=O)C(=O)NC12CCC(CC1)Cn1c2nc(C(=O)NCc2cccc(-c3ccccc3)c2)c(O)c1=O. The second-order valence-electron chi connectivity index (χ2n) is 10.5. The number of aromatic nitrogens is 2. The van der Waals surface area contributed by atoms with Crippen LogP contribution >= 0.6 is 0 Å². The molecule has 3 amide bonds. The van der Waals surface area contributed by atoms with E-state index in [0.717, 1.165) is 16.7 Å². The van der Waals surface area contributed by atoms with E-state index in [0.29, 0.717) is 32.2 Å². The molecule has 0 spiro atoms. The molecule has 1 saturated carbocycles. The zero-order chi connectivity index (χ0) is 27.7. The lowest BCUT2D eigenvalue weighted by atomic mass is 9.77. The van der Waals surface area contributed by atoms with E-state index in [1.54, 1.807) is 0 Å². The Morgan fingerprint density at radius 3 is 2.44 bits per heavy atom. The lowest BCUT2D eigenvalue weighted by molar-refractivity contribution is -0.145. The maximum absolute atomic E-state index is 13.3. The Hall–Kier alpha value is -4.47. The lowest BCUT2D eigenvalue weighted by Gasteiger charge is -2.37. The molecule has 0 atom stereocenters. The fourth-order valence-electron chi connectivity index (χ4n) is 5.48. The number of nitrogens with one attached hydrogen (secondary N) is 2. The summed E-state index contributed by atoms with van der Waals surface area (Å²) in [7, 11) is 2.96. The van der Waals surface area contributed by atoms with Gasteiger partial charge in [0, 0.05) is 27.2 Å². The van der Waals surface area contributed by atoms with Crippen LogP contribution in [-0.4, -0.2) is 51.4 Å². The van der Waals surface area contributed by atoms with Crippen LogP contribution in [0.15, 0.2) is 59.4 Å². The van der Waals surface area contributed by atoms with Gasteiger partial charge in [0.1, 0.15) is 5.82 Å². The summed E-state index contributed by atoms with van der Waals surface area (Å²) < 4.78 is 1.35. The highest BCUT2D eigenvalue weighted by molar-refractivity contribution is 6.35. The number of nitrogens with zero attached hydrogens (tertiary/aromatic N) is 3. The molecule has 0 unspecified atom stereocenters. The number of aromatic hydroxyl groups is 1. The first kappa shape index (κ1) is 26.1. The number of amides is 3. The third-order valence-electron chi connectivity index (χ3n) is 7.63. The first-order valence-electron chi connectivity index (χ1n) is 13.0. The standard InChI is InChI=1S/C29H31N5O5/c1-33(2)27(39)25(37)32-29-13-11-18(12-14-29)17-34-26(38)23(35)22(31-28(29)34)24(36)30-16-19-7-6-10-21(15-19)20-8-4-3-5-9-20/h3-10,15,18,35H,11-14,16-17H2,1-2H3,(H,30,36)(H,32,37). The van der Waals surface area contributed by atoms with Crippen molar-refractivity contribution >= 4 is 17.7 Å². The van der Waals surface area contributed by atoms with Crippen LogP contribution in [0.5, 0.6) is 5.75 Å². The minimum atomic E-state index is -1.10. The Kier molecular flexibility index (Phi) is 6.94. The first-order chi connectivity index (χ1) is 18.7. The summed E-state index contributed by atoms with van der Waals surface area (Å²) in [6, 6.07) is 17.5. The predicted octanol–water partition coefficient (Wildman–Crippen LogP) is 2.15. The normalized spacial score (nSPS) is 19.5. The van der Waals surface area contributed by atoms with Crippen LogP contribution in [0.3, 0.4) is 0 Å². The van der Waals surface area contributed by atoms with Gasteiger partial charge in [0.15, 0.2) is 5.69 Å². The third-order valence-corrected chi connectivity index (χ3v) is 7.63. The molecule has 10 nitrogen and oxygen atoms in total. The minimum Gasteiger partial charge on any atom is -0.501 e. The molecule has 2 aromatic carbocycles. The molecule has 3 aromatic rings. The first-order valence-corrected chi connectivity index (χ1v) is 13.0. The van der Waals surface area contributed by atoms with E-state index in [1.807, 2.05) is 54.6 Å². The molecule has 202 valence electrons. The summed E-state index contributed by atoms with van der Waals surface area (Å²) in [6.07, 6.45) is 2.35. The van der Waals surface area contributed by atoms with E-state index in [4.69, 9.17) is 0 Å². The van der Waals surface area contributed by atoms with Gasteiger partial charge in [-0.15, -0.1) is 0 Å². The molecule has 3 N–H and O–H groups in total. The topological polar surface area (TPSA) is 134 Å². The summed E-state index contributed by atoms with van der Waals surface area (Å²) in [6.45, 7) is 0.475. The Morgan fingerprint density at radius 1 is 1.05 bits per heavy atom. The third kappa shape index (κ3) is 5.01. The lowest BCUT2D eigenvalue weighted by Crippen LogP contribution is -2.53. The average molecular weight is 530 g/mol. The second kappa shape index (κ2) is 10.4. The summed E-state index contributed by atoms with van der Waals surface area (Å²) in [5.74, 6) is -2.61. The van der Waals surface area contributed by atoms with Crippen LogP contribution in [-0.2, 0) is 28.2 Å². The van der Waals surface area contributed by atoms with Gasteiger partial charge in [-0.05, 0) is 54.4 Å². The Labute approximate surface area is 225 Å². The molecule has 2 bridgehead atoms. The zero-order valence-electron chi connectivity index (χ0n) is 21.9. The molecular formula is C29H31N5O5. The largest absolute Gasteiger partial charge is 0.501 e. The molecule has 10 heteroatoms. The van der Waals surface area contributed by atoms with Gasteiger partial charge >= 0.3 is 11.8 Å². The van der Waals surface area contributed by atoms with Crippen molar-refractivity contribution < 1.29 is 19.5 Å². The fraction of sp³-hybridized carbons (Fsp3) is 0.345. The van der Waals surface area contributed by atoms with Crippen LogP contribution in [0.2, 0.25) is 0 Å². The van der Waals surface area contributed by atoms with E-state index < -0.39 is 40.3 Å². The van der Waals surface area contributed by atoms with E-state index >= 15 is 0 Å². The number of rotatable bonds is 5. The Bertz CT molecular complexity index is 1490. The molecule has 39 heavy (non-hydrogen) atoms. The molecule has 1 aromatic heterocycles. The van der Waals surface area contributed by atoms with Gasteiger partial charge < -0.3 is 20.6 Å². The van der Waals surface area contributed by atoms with Crippen molar-refractivity contribution in [1.29, 1.82) is 0 Å². The number of likely N-dealkylation sites (N-methyl/N-ethyl adjacent to an activating group) is 1. The second-order valence-corrected chi connectivity index (χ2v) is 10.5. The molecule has 3 aliphatic rings. The number of hydrogen-bond donors (Lipinski definition) is 3. The molecule has 0 radical (unpaired) electrons. The average Bonchev–Trinajstić information content (AvgIpc) is 3.19. The molecule has 1 fully saturated rings. The maximum Gasteiger partial charge on any atom is 0.311 e. The van der Waals surface area contributed by atoms with Gasteiger partial charge in [-0.3, -0.25) is 23.7 Å². The quantitative estimate of drug-likeness (QED) is 0.434. The molecular weight excluding hydrogens is 498 g/mol. The highest BCUT2D eigenvalue weighted by Crippen LogP contribution is 2.43. The van der Waals surface area contributed by atoms with Crippen LogP contribution in [0.4, 0.5) is 0 Å². The van der Waals surface area contributed by atoms with Crippen LogP contribution in [0.1, 0.15) is 47.6 Å². The van der Waals surface area contributed by atoms with Gasteiger partial charge in [-0.2, -0.15) is 0 Å². The van der Waals surface area contributed by atoms with Crippen molar-refractivity contribution in [2.45, 2.75) is 44.3 Å². The zero-order valence-corrected chi connectivity index (χ0v) is 21.9. The predicted molar refractivity (Wildman–Crippen MR) is 144 cm³/mol. The van der Waals surface area contributed by atoms with E-state index in [2.05, 4.69) is 15.6 Å². The van der Waals surface area contributed by atoms with Crippen LogP contribution < -0.4 is 16.2 Å². The molecule has 3 heterocycles. The summed E-state index contributed by atoms with van der Waals surface area (Å²) in [5.41, 5.74) is 0.638. The van der Waals surface area contributed by atoms with E-state index in [1.165, 1.54) is 23.6 Å². The van der Waals surface area contributed by atoms with E-state index in [-0.39, 0.29) is 18.3 Å². The van der Waals surface area contributed by atoms with Crippen molar-refractivity contribution in [2.75, 3.05) is 14.1 Å². The number of carbonyl (C=O) groups is 3. The number of fused-ring (bicyclic) bond motifs is 2. The van der Waals surface area contributed by atoms with Gasteiger partial charge in [0.25, 0.3) is 11.5 Å². The summed E-state index contributed by atoms with van der Waals surface area (Å²) >= 11 is 0. The van der Waals surface area contributed by atoms with Crippen LogP contribution in [0.25, 0.3) is 11.1 Å². The van der Waals surface area contributed by atoms with Gasteiger partial charge in [-0.1, -0.05) is 48.5 Å². The van der Waals surface area contributed by atoms with Crippen molar-refractivity contribution in [3.63, 3.8) is 0 Å². The highest BCUT2D eigenvalue weighted by Gasteiger charge is 2.46. The van der Waals surface area contributed by atoms with E-state index in [9.17, 15) is 24.3 Å². The molecule has 0 saturated heterocycles. The minimum absolute atomic E-state index is 0.153. The summed E-state index contributed by atoms with van der Waals surface area (Å²) in [4.78, 5) is 57.2. The van der Waals surface area contributed by atoms with Gasteiger partial charge in [0.05, 0.1) is 5.54 Å². The smallest absolute Gasteiger partial charge is 0.311 e. The van der Waals surface area contributed by atoms with Gasteiger partial charge in [-0.25, -0.2) is 4.98 Å². The Balaban J connectivity index is 1.44. The molecule has 2 aliphatic heterocycles. The van der Waals surface area contributed by atoms with Crippen molar-refractivity contribution in [2.24, 2.45) is 5.92 Å². The van der Waals surface area contributed by atoms with Crippen LogP contribution in [0, 0.1) is 5.92 Å². The Morgan fingerprint density at radius 2 is 1.74 bits per heavy atom. The highest BCUT2D eigenvalue weighted by atomic mass is 16.3. The number of benzene rings is 2. The monoisotopic (exact) mass is 529 g/mol. The number of hydrogen-bond acceptors (Lipinski definition) is 6. The van der Waals surface area contributed by atoms with Crippen molar-refractivity contribution in [3.8, 4) is 16.9 Å². The fourth-order valence-corrected chi connectivity index (χ4v) is 5.48. The number of carbonyl (C=O) groups excluding carboxylic acids is 3. The summed E-state index contributed by atoms with van der Waals surface area (Å²) in [5, 5.41) is 16.3.